The molecular formula is C11H17BrN4. The van der Waals surface area contributed by atoms with Crippen LogP contribution in [0.4, 0.5) is 5.95 Å². The number of nitrogens with zero attached hydrogens (tertiary/aromatic N) is 4. The molecule has 4 nitrogen and oxygen atoms in total. The van der Waals surface area contributed by atoms with Gasteiger partial charge >= 0.3 is 0 Å². The summed E-state index contributed by atoms with van der Waals surface area (Å²) in [6, 6.07) is 0.669. The minimum atomic E-state index is 0.537. The zero-order valence-corrected chi connectivity index (χ0v) is 11.4. The van der Waals surface area contributed by atoms with Crippen LogP contribution >= 0.6 is 15.9 Å². The van der Waals surface area contributed by atoms with Gasteiger partial charge in [-0.3, -0.25) is 0 Å². The summed E-state index contributed by atoms with van der Waals surface area (Å²) in [5.41, 5.74) is 0.537. The summed E-state index contributed by atoms with van der Waals surface area (Å²) in [5.74, 6) is 1.02. The van der Waals surface area contributed by atoms with Crippen molar-refractivity contribution in [1.82, 2.24) is 14.8 Å². The highest BCUT2D eigenvalue weighted by molar-refractivity contribution is 9.10. The lowest BCUT2D eigenvalue weighted by Crippen LogP contribution is -2.37. The molecule has 1 saturated heterocycles. The van der Waals surface area contributed by atoms with Crippen LogP contribution in [0.1, 0.15) is 32.6 Å². The second-order valence-corrected chi connectivity index (χ2v) is 6.02. The van der Waals surface area contributed by atoms with Gasteiger partial charge in [0.25, 0.3) is 0 Å². The van der Waals surface area contributed by atoms with Gasteiger partial charge in [-0.1, -0.05) is 6.92 Å². The molecule has 2 heterocycles. The smallest absolute Gasteiger partial charge is 0.224 e. The first-order chi connectivity index (χ1) is 7.60. The number of rotatable bonds is 2. The van der Waals surface area contributed by atoms with Gasteiger partial charge in [0.05, 0.1) is 0 Å². The van der Waals surface area contributed by atoms with Crippen molar-refractivity contribution in [3.8, 4) is 0 Å². The van der Waals surface area contributed by atoms with Crippen molar-refractivity contribution >= 4 is 21.9 Å². The first-order valence-electron chi connectivity index (χ1n) is 5.93. The predicted octanol–water partition coefficient (Wildman–Crippen LogP) is 2.35. The summed E-state index contributed by atoms with van der Waals surface area (Å²) in [7, 11) is 1.97. The molecular weight excluding hydrogens is 268 g/mol. The minimum absolute atomic E-state index is 0.537. The molecule has 1 atom stereocenters. The molecule has 0 spiro atoms. The van der Waals surface area contributed by atoms with Crippen molar-refractivity contribution in [1.29, 1.82) is 0 Å². The minimum Gasteiger partial charge on any atom is -0.337 e. The zero-order chi connectivity index (χ0) is 11.3. The molecule has 1 unspecified atom stereocenters. The van der Waals surface area contributed by atoms with Gasteiger partial charge in [0, 0.05) is 19.6 Å². The maximum atomic E-state index is 4.48. The van der Waals surface area contributed by atoms with Crippen LogP contribution in [-0.4, -0.2) is 27.4 Å². The van der Waals surface area contributed by atoms with Crippen LogP contribution in [0.25, 0.3) is 0 Å². The van der Waals surface area contributed by atoms with Gasteiger partial charge in [0.1, 0.15) is 0 Å². The molecule has 1 aliphatic heterocycles. The number of hydrogen-bond donors (Lipinski definition) is 0. The molecule has 2 aliphatic rings. The molecule has 1 aromatic heterocycles. The molecule has 0 aromatic carbocycles. The van der Waals surface area contributed by atoms with Crippen molar-refractivity contribution in [2.75, 3.05) is 11.4 Å². The Morgan fingerprint density at radius 2 is 2.19 bits per heavy atom. The lowest BCUT2D eigenvalue weighted by molar-refractivity contribution is 0.428. The number of aromatic nitrogens is 3. The molecule has 1 aromatic rings. The van der Waals surface area contributed by atoms with E-state index in [1.807, 2.05) is 11.7 Å². The van der Waals surface area contributed by atoms with Gasteiger partial charge < -0.3 is 4.90 Å². The van der Waals surface area contributed by atoms with E-state index in [4.69, 9.17) is 0 Å². The predicted molar refractivity (Wildman–Crippen MR) is 66.4 cm³/mol. The first-order valence-corrected chi connectivity index (χ1v) is 6.73. The van der Waals surface area contributed by atoms with Crippen LogP contribution in [0.2, 0.25) is 0 Å². The molecule has 0 amide bonds. The Morgan fingerprint density at radius 3 is 2.75 bits per heavy atom. The van der Waals surface area contributed by atoms with Gasteiger partial charge in [-0.15, -0.1) is 5.10 Å². The highest BCUT2D eigenvalue weighted by Crippen LogP contribution is 2.53. The molecule has 3 rings (SSSR count). The Hall–Kier alpha value is -0.580. The SMILES string of the molecule is Cn1nc(Br)nc1N1CCCC1C1(C)CC1. The lowest BCUT2D eigenvalue weighted by atomic mass is 9.97. The van der Waals surface area contributed by atoms with E-state index in [-0.39, 0.29) is 0 Å². The Morgan fingerprint density at radius 1 is 1.44 bits per heavy atom. The Bertz CT molecular complexity index is 410. The van der Waals surface area contributed by atoms with E-state index in [9.17, 15) is 0 Å². The van der Waals surface area contributed by atoms with Crippen molar-refractivity contribution in [2.45, 2.75) is 38.6 Å². The van der Waals surface area contributed by atoms with Crippen molar-refractivity contribution in [2.24, 2.45) is 12.5 Å². The van der Waals surface area contributed by atoms with Crippen LogP contribution in [0.3, 0.4) is 0 Å². The third-order valence-electron chi connectivity index (χ3n) is 4.07. The number of anilines is 1. The van der Waals surface area contributed by atoms with Gasteiger partial charge in [-0.05, 0) is 47.0 Å². The lowest BCUT2D eigenvalue weighted by Gasteiger charge is -2.29. The van der Waals surface area contributed by atoms with Crippen molar-refractivity contribution in [3.63, 3.8) is 0 Å². The largest absolute Gasteiger partial charge is 0.337 e. The van der Waals surface area contributed by atoms with Crippen LogP contribution in [-0.2, 0) is 7.05 Å². The highest BCUT2D eigenvalue weighted by atomic mass is 79.9. The van der Waals surface area contributed by atoms with E-state index in [2.05, 4.69) is 37.8 Å². The fourth-order valence-electron chi connectivity index (χ4n) is 2.86. The number of aryl methyl sites for hydroxylation is 1. The topological polar surface area (TPSA) is 34.0 Å². The molecule has 88 valence electrons. The normalized spacial score (nSPS) is 27.4. The summed E-state index contributed by atoms with van der Waals surface area (Å²) in [6.45, 7) is 3.53. The van der Waals surface area contributed by atoms with E-state index in [0.29, 0.717) is 16.2 Å². The molecule has 16 heavy (non-hydrogen) atoms. The second-order valence-electron chi connectivity index (χ2n) is 5.31. The highest BCUT2D eigenvalue weighted by Gasteiger charge is 2.49. The van der Waals surface area contributed by atoms with Crippen molar-refractivity contribution in [3.05, 3.63) is 4.73 Å². The third kappa shape index (κ3) is 1.56. The number of halogens is 1. The van der Waals surface area contributed by atoms with E-state index >= 15 is 0 Å². The van der Waals surface area contributed by atoms with Crippen molar-refractivity contribution < 1.29 is 0 Å². The van der Waals surface area contributed by atoms with Gasteiger partial charge in [0.15, 0.2) is 0 Å². The summed E-state index contributed by atoms with van der Waals surface area (Å²) in [4.78, 5) is 6.93. The van der Waals surface area contributed by atoms with Crippen LogP contribution in [0.15, 0.2) is 4.73 Å². The van der Waals surface area contributed by atoms with Gasteiger partial charge in [0.2, 0.25) is 10.7 Å². The maximum Gasteiger partial charge on any atom is 0.224 e. The van der Waals surface area contributed by atoms with E-state index in [1.54, 1.807) is 0 Å². The zero-order valence-electron chi connectivity index (χ0n) is 9.78. The molecule has 0 radical (unpaired) electrons. The maximum absolute atomic E-state index is 4.48. The van der Waals surface area contributed by atoms with Crippen LogP contribution < -0.4 is 4.90 Å². The number of hydrogen-bond acceptors (Lipinski definition) is 3. The van der Waals surface area contributed by atoms with Crippen LogP contribution in [0, 0.1) is 5.41 Å². The van der Waals surface area contributed by atoms with Gasteiger partial charge in [-0.2, -0.15) is 4.98 Å². The second kappa shape index (κ2) is 3.45. The molecule has 0 N–H and O–H groups in total. The average Bonchev–Trinajstić information content (AvgIpc) is 2.69. The van der Waals surface area contributed by atoms with Crippen LogP contribution in [0.5, 0.6) is 0 Å². The molecule has 1 aliphatic carbocycles. The van der Waals surface area contributed by atoms with E-state index < -0.39 is 0 Å². The molecule has 1 saturated carbocycles. The standard InChI is InChI=1S/C11H17BrN4/c1-11(5-6-11)8-4-3-7-16(8)10-13-9(12)14-15(10)2/h8H,3-7H2,1-2H3. The molecule has 2 fully saturated rings. The Kier molecular flexibility index (Phi) is 2.28. The average molecular weight is 285 g/mol. The summed E-state index contributed by atoms with van der Waals surface area (Å²) < 4.78 is 2.57. The summed E-state index contributed by atoms with van der Waals surface area (Å²) >= 11 is 3.35. The van der Waals surface area contributed by atoms with E-state index in [0.717, 1.165) is 12.5 Å². The quantitative estimate of drug-likeness (QED) is 0.836. The third-order valence-corrected chi connectivity index (χ3v) is 4.40. The summed E-state index contributed by atoms with van der Waals surface area (Å²) in [6.07, 6.45) is 5.33. The first kappa shape index (κ1) is 10.6. The summed E-state index contributed by atoms with van der Waals surface area (Å²) in [5, 5.41) is 4.27. The Balaban J connectivity index is 1.91. The Labute approximate surface area is 104 Å². The van der Waals surface area contributed by atoms with Gasteiger partial charge in [-0.25, -0.2) is 4.68 Å². The fourth-order valence-corrected chi connectivity index (χ4v) is 3.25. The monoisotopic (exact) mass is 284 g/mol. The van der Waals surface area contributed by atoms with E-state index in [1.165, 1.54) is 25.7 Å². The fraction of sp³-hybridized carbons (Fsp3) is 0.818. The molecule has 0 bridgehead atoms. The molecule has 5 heteroatoms.